The van der Waals surface area contributed by atoms with Crippen molar-refractivity contribution in [2.24, 2.45) is 5.92 Å². The van der Waals surface area contributed by atoms with Crippen LogP contribution in [0.25, 0.3) is 0 Å². The molecule has 0 radical (unpaired) electrons. The zero-order chi connectivity index (χ0) is 16.2. The minimum Gasteiger partial charge on any atom is -0.293 e. The van der Waals surface area contributed by atoms with Crippen molar-refractivity contribution in [3.8, 4) is 0 Å². The number of carbonyl (C=O) groups is 1. The number of tetrazole rings is 1. The SMILES string of the molecule is CC(C)Cn1nnnc1SCC(=O)c1ccc2c(c1)CCCC2. The molecule has 1 heterocycles. The van der Waals surface area contributed by atoms with Gasteiger partial charge < -0.3 is 0 Å². The largest absolute Gasteiger partial charge is 0.293 e. The van der Waals surface area contributed by atoms with Crippen LogP contribution in [0, 0.1) is 5.92 Å². The number of ketones is 1. The van der Waals surface area contributed by atoms with Gasteiger partial charge in [-0.25, -0.2) is 4.68 Å². The highest BCUT2D eigenvalue weighted by Gasteiger charge is 2.15. The number of aromatic nitrogens is 4. The van der Waals surface area contributed by atoms with Gasteiger partial charge in [-0.05, 0) is 59.2 Å². The van der Waals surface area contributed by atoms with Gasteiger partial charge in [-0.15, -0.1) is 5.10 Å². The van der Waals surface area contributed by atoms with Crippen molar-refractivity contribution in [2.45, 2.75) is 51.2 Å². The van der Waals surface area contributed by atoms with Crippen molar-refractivity contribution >= 4 is 17.5 Å². The Labute approximate surface area is 140 Å². The molecule has 0 N–H and O–H groups in total. The number of benzene rings is 1. The van der Waals surface area contributed by atoms with Crippen LogP contribution in [0.2, 0.25) is 0 Å². The summed E-state index contributed by atoms with van der Waals surface area (Å²) in [5.41, 5.74) is 3.55. The van der Waals surface area contributed by atoms with Crippen LogP contribution in [0.5, 0.6) is 0 Å². The molecular formula is C17H22N4OS. The van der Waals surface area contributed by atoms with Crippen molar-refractivity contribution < 1.29 is 4.79 Å². The van der Waals surface area contributed by atoms with E-state index in [2.05, 4.69) is 41.5 Å². The van der Waals surface area contributed by atoms with E-state index in [0.717, 1.165) is 24.9 Å². The molecule has 3 rings (SSSR count). The molecule has 0 bridgehead atoms. The first-order chi connectivity index (χ1) is 11.1. The number of fused-ring (bicyclic) bond motifs is 1. The third kappa shape index (κ3) is 3.99. The molecule has 122 valence electrons. The molecule has 0 spiro atoms. The summed E-state index contributed by atoms with van der Waals surface area (Å²) in [6.45, 7) is 5.01. The van der Waals surface area contributed by atoms with Gasteiger partial charge >= 0.3 is 0 Å². The van der Waals surface area contributed by atoms with Gasteiger partial charge in [0.25, 0.3) is 0 Å². The van der Waals surface area contributed by atoms with Crippen molar-refractivity contribution in [1.29, 1.82) is 0 Å². The zero-order valence-electron chi connectivity index (χ0n) is 13.7. The summed E-state index contributed by atoms with van der Waals surface area (Å²) in [7, 11) is 0. The highest BCUT2D eigenvalue weighted by atomic mass is 32.2. The molecule has 0 saturated heterocycles. The van der Waals surface area contributed by atoms with E-state index in [0.29, 0.717) is 16.8 Å². The van der Waals surface area contributed by atoms with E-state index in [1.54, 1.807) is 4.68 Å². The van der Waals surface area contributed by atoms with Gasteiger partial charge in [0.2, 0.25) is 5.16 Å². The Morgan fingerprint density at radius 3 is 2.83 bits per heavy atom. The average Bonchev–Trinajstić information content (AvgIpc) is 2.98. The number of Topliss-reactive ketones (excluding diaryl/α,β-unsaturated/α-hetero) is 1. The van der Waals surface area contributed by atoms with E-state index in [1.165, 1.54) is 35.7 Å². The van der Waals surface area contributed by atoms with E-state index < -0.39 is 0 Å². The van der Waals surface area contributed by atoms with Crippen LogP contribution in [0.4, 0.5) is 0 Å². The van der Waals surface area contributed by atoms with Crippen molar-refractivity contribution in [1.82, 2.24) is 20.2 Å². The Morgan fingerprint density at radius 2 is 2.04 bits per heavy atom. The second-order valence-corrected chi connectivity index (χ2v) is 7.38. The molecular weight excluding hydrogens is 308 g/mol. The van der Waals surface area contributed by atoms with Crippen LogP contribution in [-0.4, -0.2) is 31.7 Å². The summed E-state index contributed by atoms with van der Waals surface area (Å²) in [5, 5.41) is 12.4. The van der Waals surface area contributed by atoms with Gasteiger partial charge in [0, 0.05) is 12.1 Å². The lowest BCUT2D eigenvalue weighted by molar-refractivity contribution is 0.102. The van der Waals surface area contributed by atoms with E-state index in [-0.39, 0.29) is 5.78 Å². The molecule has 0 fully saturated rings. The van der Waals surface area contributed by atoms with E-state index in [4.69, 9.17) is 0 Å². The third-order valence-electron chi connectivity index (χ3n) is 4.04. The second-order valence-electron chi connectivity index (χ2n) is 6.44. The Balaban J connectivity index is 1.65. The first-order valence-electron chi connectivity index (χ1n) is 8.17. The molecule has 2 aromatic rings. The summed E-state index contributed by atoms with van der Waals surface area (Å²) in [4.78, 5) is 12.5. The second kappa shape index (κ2) is 7.25. The highest BCUT2D eigenvalue weighted by Crippen LogP contribution is 2.23. The smallest absolute Gasteiger partial charge is 0.209 e. The normalized spacial score (nSPS) is 14.0. The molecule has 0 amide bonds. The van der Waals surface area contributed by atoms with Crippen LogP contribution in [0.3, 0.4) is 0 Å². The maximum Gasteiger partial charge on any atom is 0.209 e. The van der Waals surface area contributed by atoms with Crippen molar-refractivity contribution in [3.05, 3.63) is 34.9 Å². The van der Waals surface area contributed by atoms with Crippen LogP contribution in [0.1, 0.15) is 48.2 Å². The van der Waals surface area contributed by atoms with Gasteiger partial charge in [0.15, 0.2) is 5.78 Å². The molecule has 1 aromatic heterocycles. The van der Waals surface area contributed by atoms with Gasteiger partial charge in [0.1, 0.15) is 0 Å². The maximum atomic E-state index is 12.5. The number of rotatable bonds is 6. The number of thioether (sulfide) groups is 1. The standard InChI is InChI=1S/C17H22N4OS/c1-12(2)10-21-17(18-19-20-21)23-11-16(22)15-8-7-13-5-3-4-6-14(13)9-15/h7-9,12H,3-6,10-11H2,1-2H3. The number of aryl methyl sites for hydroxylation is 2. The summed E-state index contributed by atoms with van der Waals surface area (Å²) in [6.07, 6.45) is 4.72. The van der Waals surface area contributed by atoms with E-state index in [9.17, 15) is 4.79 Å². The lowest BCUT2D eigenvalue weighted by atomic mass is 9.90. The monoisotopic (exact) mass is 330 g/mol. The number of hydrogen-bond acceptors (Lipinski definition) is 5. The fourth-order valence-corrected chi connectivity index (χ4v) is 3.66. The summed E-state index contributed by atoms with van der Waals surface area (Å²) in [6, 6.07) is 6.16. The highest BCUT2D eigenvalue weighted by molar-refractivity contribution is 7.99. The molecule has 23 heavy (non-hydrogen) atoms. The van der Waals surface area contributed by atoms with E-state index >= 15 is 0 Å². The third-order valence-corrected chi connectivity index (χ3v) is 5.00. The van der Waals surface area contributed by atoms with Crippen LogP contribution < -0.4 is 0 Å². The number of nitrogens with zero attached hydrogens (tertiary/aromatic N) is 4. The molecule has 0 atom stereocenters. The zero-order valence-corrected chi connectivity index (χ0v) is 14.5. The maximum absolute atomic E-state index is 12.5. The average molecular weight is 330 g/mol. The molecule has 6 heteroatoms. The first-order valence-corrected chi connectivity index (χ1v) is 9.16. The Kier molecular flexibility index (Phi) is 5.10. The van der Waals surface area contributed by atoms with Gasteiger partial charge in [0.05, 0.1) is 5.75 Å². The lowest BCUT2D eigenvalue weighted by Crippen LogP contribution is -2.10. The Hall–Kier alpha value is -1.69. The fourth-order valence-electron chi connectivity index (χ4n) is 2.88. The molecule has 5 nitrogen and oxygen atoms in total. The first kappa shape index (κ1) is 16.2. The van der Waals surface area contributed by atoms with Crippen molar-refractivity contribution in [3.63, 3.8) is 0 Å². The van der Waals surface area contributed by atoms with Crippen LogP contribution >= 0.6 is 11.8 Å². The summed E-state index contributed by atoms with van der Waals surface area (Å²) < 4.78 is 1.77. The van der Waals surface area contributed by atoms with Gasteiger partial charge in [-0.1, -0.05) is 37.7 Å². The molecule has 0 saturated carbocycles. The van der Waals surface area contributed by atoms with Crippen molar-refractivity contribution in [2.75, 3.05) is 5.75 Å². The molecule has 1 aromatic carbocycles. The predicted octanol–water partition coefficient (Wildman–Crippen LogP) is 3.18. The fraction of sp³-hybridized carbons (Fsp3) is 0.529. The quantitative estimate of drug-likeness (QED) is 0.601. The minimum atomic E-state index is 0.141. The topological polar surface area (TPSA) is 60.7 Å². The lowest BCUT2D eigenvalue weighted by Gasteiger charge is -2.16. The molecule has 0 unspecified atom stereocenters. The summed E-state index contributed by atoms with van der Waals surface area (Å²) >= 11 is 1.41. The van der Waals surface area contributed by atoms with Crippen LogP contribution in [0.15, 0.2) is 23.4 Å². The minimum absolute atomic E-state index is 0.141. The predicted molar refractivity (Wildman–Crippen MR) is 90.8 cm³/mol. The molecule has 1 aliphatic carbocycles. The Morgan fingerprint density at radius 1 is 1.26 bits per heavy atom. The van der Waals surface area contributed by atoms with Crippen LogP contribution in [-0.2, 0) is 19.4 Å². The molecule has 1 aliphatic rings. The molecule has 0 aliphatic heterocycles. The number of hydrogen-bond donors (Lipinski definition) is 0. The van der Waals surface area contributed by atoms with E-state index in [1.807, 2.05) is 6.07 Å². The summed E-state index contributed by atoms with van der Waals surface area (Å²) in [5.74, 6) is 0.980. The van der Waals surface area contributed by atoms with Gasteiger partial charge in [-0.3, -0.25) is 4.79 Å². The number of carbonyl (C=O) groups excluding carboxylic acids is 1. The Bertz CT molecular complexity index is 696. The van der Waals surface area contributed by atoms with Gasteiger partial charge in [-0.2, -0.15) is 0 Å².